The number of nitrogens with zero attached hydrogens (tertiary/aromatic N) is 2. The van der Waals surface area contributed by atoms with E-state index in [0.29, 0.717) is 19.0 Å². The first-order valence-electron chi connectivity index (χ1n) is 8.55. The molecule has 0 aliphatic carbocycles. The van der Waals surface area contributed by atoms with E-state index in [4.69, 9.17) is 15.5 Å². The molecule has 0 aliphatic heterocycles. The second-order valence-corrected chi connectivity index (χ2v) is 11.0. The molecular weight excluding hydrogens is 373 g/mol. The molecule has 0 amide bonds. The van der Waals surface area contributed by atoms with E-state index in [1.807, 2.05) is 18.2 Å². The van der Waals surface area contributed by atoms with Crippen molar-refractivity contribution in [2.24, 2.45) is 5.73 Å². The third-order valence-electron chi connectivity index (χ3n) is 4.08. The van der Waals surface area contributed by atoms with Gasteiger partial charge in [0.15, 0.2) is 0 Å². The number of fused-ring (bicyclic) bond motifs is 1. The Bertz CT molecular complexity index is 834. The SMILES string of the molecule is C[As](C)c1ccc(-c2cc3ncccc3c(OCCCCN)n2)cc1. The van der Waals surface area contributed by atoms with Crippen molar-refractivity contribution in [2.45, 2.75) is 24.3 Å². The first-order chi connectivity index (χ1) is 12.2. The summed E-state index contributed by atoms with van der Waals surface area (Å²) in [7, 11) is 0. The fraction of sp³-hybridized carbons (Fsp3) is 0.300. The van der Waals surface area contributed by atoms with Gasteiger partial charge in [0.25, 0.3) is 0 Å². The molecule has 1 aromatic carbocycles. The van der Waals surface area contributed by atoms with Crippen LogP contribution in [0, 0.1) is 0 Å². The zero-order valence-corrected chi connectivity index (χ0v) is 16.7. The Labute approximate surface area is 153 Å². The van der Waals surface area contributed by atoms with Crippen LogP contribution in [0.25, 0.3) is 22.2 Å². The fourth-order valence-corrected chi connectivity index (χ4v) is 4.21. The number of pyridine rings is 2. The number of ether oxygens (including phenoxy) is 1. The molecule has 0 saturated heterocycles. The Kier molecular flexibility index (Phi) is 6.06. The molecule has 0 fully saturated rings. The zero-order chi connectivity index (χ0) is 17.6. The quantitative estimate of drug-likeness (QED) is 0.491. The van der Waals surface area contributed by atoms with E-state index < -0.39 is 14.7 Å². The van der Waals surface area contributed by atoms with Gasteiger partial charge < -0.3 is 5.73 Å². The van der Waals surface area contributed by atoms with Gasteiger partial charge in [0.1, 0.15) is 0 Å². The van der Waals surface area contributed by atoms with Crippen LogP contribution in [0.2, 0.25) is 11.4 Å². The van der Waals surface area contributed by atoms with E-state index in [9.17, 15) is 0 Å². The summed E-state index contributed by atoms with van der Waals surface area (Å²) in [4.78, 5) is 9.25. The third kappa shape index (κ3) is 4.39. The number of hydrogen-bond donors (Lipinski definition) is 1. The van der Waals surface area contributed by atoms with Crippen molar-refractivity contribution in [2.75, 3.05) is 13.2 Å². The Hall–Kier alpha value is -1.90. The predicted octanol–water partition coefficient (Wildman–Crippen LogP) is 3.38. The number of benzene rings is 1. The van der Waals surface area contributed by atoms with Crippen molar-refractivity contribution in [1.82, 2.24) is 9.97 Å². The van der Waals surface area contributed by atoms with Crippen LogP contribution in [0.1, 0.15) is 12.8 Å². The minimum absolute atomic E-state index is 0.621. The number of aromatic nitrogens is 2. The van der Waals surface area contributed by atoms with Crippen molar-refractivity contribution >= 4 is 29.9 Å². The molecule has 2 aromatic heterocycles. The van der Waals surface area contributed by atoms with E-state index in [0.717, 1.165) is 35.0 Å². The van der Waals surface area contributed by atoms with Crippen LogP contribution in [-0.4, -0.2) is 37.8 Å². The van der Waals surface area contributed by atoms with Crippen LogP contribution in [-0.2, 0) is 0 Å². The second-order valence-electron chi connectivity index (χ2n) is 6.17. The summed E-state index contributed by atoms with van der Waals surface area (Å²) < 4.78 is 7.41. The molecule has 2 heterocycles. The Balaban J connectivity index is 1.95. The molecule has 3 aromatic rings. The molecule has 0 spiro atoms. The van der Waals surface area contributed by atoms with E-state index in [1.165, 1.54) is 4.35 Å². The molecule has 0 aliphatic rings. The molecule has 130 valence electrons. The van der Waals surface area contributed by atoms with Gasteiger partial charge in [-0.1, -0.05) is 0 Å². The van der Waals surface area contributed by atoms with E-state index in [2.05, 4.69) is 40.7 Å². The molecule has 5 heteroatoms. The van der Waals surface area contributed by atoms with Gasteiger partial charge in [-0.2, -0.15) is 0 Å². The van der Waals surface area contributed by atoms with Gasteiger partial charge in [-0.15, -0.1) is 0 Å². The summed E-state index contributed by atoms with van der Waals surface area (Å²) in [6.45, 7) is 1.31. The molecule has 0 unspecified atom stereocenters. The van der Waals surface area contributed by atoms with Crippen molar-refractivity contribution in [3.63, 3.8) is 0 Å². The normalized spacial score (nSPS) is 11.2. The van der Waals surface area contributed by atoms with Crippen LogP contribution in [0.5, 0.6) is 5.88 Å². The van der Waals surface area contributed by atoms with Gasteiger partial charge in [0.05, 0.1) is 0 Å². The summed E-state index contributed by atoms with van der Waals surface area (Å²) in [6, 6.07) is 14.7. The van der Waals surface area contributed by atoms with Gasteiger partial charge >= 0.3 is 148 Å². The number of rotatable bonds is 7. The topological polar surface area (TPSA) is 61.0 Å². The monoisotopic (exact) mass is 397 g/mol. The van der Waals surface area contributed by atoms with Crippen LogP contribution >= 0.6 is 0 Å². The first kappa shape index (κ1) is 17.9. The summed E-state index contributed by atoms with van der Waals surface area (Å²) in [5, 5.41) is 0.950. The Morgan fingerprint density at radius 1 is 1.08 bits per heavy atom. The van der Waals surface area contributed by atoms with Crippen molar-refractivity contribution < 1.29 is 4.74 Å². The number of unbranched alkanes of at least 4 members (excludes halogenated alkanes) is 1. The molecule has 3 rings (SSSR count). The maximum atomic E-state index is 5.95. The predicted molar refractivity (Wildman–Crippen MR) is 106 cm³/mol. The van der Waals surface area contributed by atoms with Crippen LogP contribution < -0.4 is 14.8 Å². The first-order valence-corrected chi connectivity index (χ1v) is 13.2. The summed E-state index contributed by atoms with van der Waals surface area (Å²) >= 11 is -0.849. The van der Waals surface area contributed by atoms with Crippen molar-refractivity contribution in [1.29, 1.82) is 0 Å². The molecule has 4 nitrogen and oxygen atoms in total. The Morgan fingerprint density at radius 3 is 2.60 bits per heavy atom. The van der Waals surface area contributed by atoms with Gasteiger partial charge in [-0.05, 0) is 0 Å². The average Bonchev–Trinajstić information content (AvgIpc) is 2.65. The molecule has 0 bridgehead atoms. The van der Waals surface area contributed by atoms with Crippen LogP contribution in [0.3, 0.4) is 0 Å². The van der Waals surface area contributed by atoms with Gasteiger partial charge in [-0.25, -0.2) is 0 Å². The fourth-order valence-electron chi connectivity index (χ4n) is 2.65. The van der Waals surface area contributed by atoms with E-state index in [1.54, 1.807) is 6.20 Å². The maximum absolute atomic E-state index is 5.95. The third-order valence-corrected chi connectivity index (χ3v) is 6.87. The number of nitrogens with two attached hydrogens (primary N) is 1. The van der Waals surface area contributed by atoms with Crippen molar-refractivity contribution in [3.05, 3.63) is 48.7 Å². The van der Waals surface area contributed by atoms with Gasteiger partial charge in [0, 0.05) is 0 Å². The summed E-state index contributed by atoms with van der Waals surface area (Å²) in [5.41, 5.74) is 13.1. The second kappa shape index (κ2) is 8.46. The standard InChI is InChI=1S/C20H24AsN3O/c1-21(2)16-9-7-15(8-10-16)18-14-19-17(6-5-12-23-19)20(24-18)25-13-4-3-11-22/h5-10,12,14H,3-4,11,13,22H2,1-2H3. The Morgan fingerprint density at radius 2 is 1.88 bits per heavy atom. The molecule has 25 heavy (non-hydrogen) atoms. The van der Waals surface area contributed by atoms with Gasteiger partial charge in [-0.3, -0.25) is 0 Å². The van der Waals surface area contributed by atoms with Gasteiger partial charge in [0.2, 0.25) is 0 Å². The molecule has 0 radical (unpaired) electrons. The van der Waals surface area contributed by atoms with Crippen LogP contribution in [0.4, 0.5) is 0 Å². The molecular formula is C20H24AsN3O. The van der Waals surface area contributed by atoms with Crippen molar-refractivity contribution in [3.8, 4) is 17.1 Å². The molecule has 2 N–H and O–H groups in total. The van der Waals surface area contributed by atoms with Crippen LogP contribution in [0.15, 0.2) is 48.7 Å². The number of hydrogen-bond acceptors (Lipinski definition) is 4. The summed E-state index contributed by atoms with van der Waals surface area (Å²) in [6.07, 6.45) is 3.69. The summed E-state index contributed by atoms with van der Waals surface area (Å²) in [5.74, 6) is 0.653. The molecule has 0 atom stereocenters. The van der Waals surface area contributed by atoms with E-state index in [-0.39, 0.29) is 0 Å². The molecule has 0 saturated carbocycles. The van der Waals surface area contributed by atoms with E-state index >= 15 is 0 Å². The minimum atomic E-state index is -0.849. The average molecular weight is 397 g/mol. The zero-order valence-electron chi connectivity index (χ0n) is 14.8.